The minimum absolute atomic E-state index is 0.994. The Kier molecular flexibility index (Phi) is 5.02. The number of hydrogen-bond acceptors (Lipinski definition) is 3. The molecule has 0 radical (unpaired) electrons. The van der Waals surface area contributed by atoms with Gasteiger partial charge in [0.1, 0.15) is 0 Å². The maximum Gasteiger partial charge on any atom is 0.426 e. The molecule has 166 valence electrons. The SMILES string of the molecule is OC1CC2CC1C(C(O)(C(F)(F)F)C(F)(F)F)C2C(O)(C(F)(F)F)C(F)(F)F. The first-order valence-corrected chi connectivity index (χ1v) is 7.52. The summed E-state index contributed by atoms with van der Waals surface area (Å²) in [5.74, 6) is -12.2. The van der Waals surface area contributed by atoms with Gasteiger partial charge in [0.15, 0.2) is 0 Å². The van der Waals surface area contributed by atoms with Gasteiger partial charge in [0, 0.05) is 11.8 Å². The maximum atomic E-state index is 13.2. The molecule has 5 unspecified atom stereocenters. The molecule has 0 aliphatic heterocycles. The Morgan fingerprint density at radius 2 is 0.857 bits per heavy atom. The van der Waals surface area contributed by atoms with E-state index in [-0.39, 0.29) is 0 Å². The molecule has 0 aromatic heterocycles. The number of aliphatic hydroxyl groups excluding tert-OH is 1. The van der Waals surface area contributed by atoms with Gasteiger partial charge in [-0.1, -0.05) is 0 Å². The Bertz CT molecular complexity index is 576. The molecule has 2 aliphatic rings. The van der Waals surface area contributed by atoms with Gasteiger partial charge in [-0.05, 0) is 24.7 Å². The Morgan fingerprint density at radius 3 is 1.18 bits per heavy atom. The topological polar surface area (TPSA) is 60.7 Å². The zero-order valence-electron chi connectivity index (χ0n) is 13.2. The van der Waals surface area contributed by atoms with E-state index in [1.807, 2.05) is 0 Å². The summed E-state index contributed by atoms with van der Waals surface area (Å²) in [4.78, 5) is 0. The average molecular weight is 444 g/mol. The fourth-order valence-electron chi connectivity index (χ4n) is 4.57. The van der Waals surface area contributed by atoms with Crippen molar-refractivity contribution < 1.29 is 68.0 Å². The van der Waals surface area contributed by atoms with Crippen LogP contribution in [-0.2, 0) is 0 Å². The van der Waals surface area contributed by atoms with Crippen molar-refractivity contribution in [2.24, 2.45) is 23.7 Å². The number of hydrogen-bond donors (Lipinski definition) is 3. The van der Waals surface area contributed by atoms with Gasteiger partial charge in [-0.2, -0.15) is 52.7 Å². The average Bonchev–Trinajstić information content (AvgIpc) is 2.97. The zero-order chi connectivity index (χ0) is 22.3. The van der Waals surface area contributed by atoms with Gasteiger partial charge in [0.05, 0.1) is 6.10 Å². The molecule has 2 aliphatic carbocycles. The lowest BCUT2D eigenvalue weighted by Crippen LogP contribution is -2.72. The van der Waals surface area contributed by atoms with Crippen molar-refractivity contribution in [3.8, 4) is 0 Å². The molecule has 2 bridgehead atoms. The summed E-state index contributed by atoms with van der Waals surface area (Å²) in [5, 5.41) is 28.5. The van der Waals surface area contributed by atoms with Crippen LogP contribution in [-0.4, -0.2) is 57.3 Å². The van der Waals surface area contributed by atoms with Gasteiger partial charge in [0.2, 0.25) is 0 Å². The van der Waals surface area contributed by atoms with Crippen LogP contribution in [0.25, 0.3) is 0 Å². The molecule has 2 saturated carbocycles. The van der Waals surface area contributed by atoms with Crippen LogP contribution in [0.2, 0.25) is 0 Å². The van der Waals surface area contributed by atoms with E-state index >= 15 is 0 Å². The molecule has 2 rings (SSSR count). The molecule has 0 saturated heterocycles. The fraction of sp³-hybridized carbons (Fsp3) is 1.00. The van der Waals surface area contributed by atoms with Crippen molar-refractivity contribution in [2.75, 3.05) is 0 Å². The Morgan fingerprint density at radius 1 is 0.536 bits per heavy atom. The second kappa shape index (κ2) is 6.03. The second-order valence-corrected chi connectivity index (χ2v) is 7.04. The van der Waals surface area contributed by atoms with Gasteiger partial charge >= 0.3 is 24.7 Å². The van der Waals surface area contributed by atoms with Crippen molar-refractivity contribution in [3.05, 3.63) is 0 Å². The van der Waals surface area contributed by atoms with E-state index in [4.69, 9.17) is 0 Å². The lowest BCUT2D eigenvalue weighted by molar-refractivity contribution is -0.428. The minimum atomic E-state index is -6.74. The first-order chi connectivity index (χ1) is 12.1. The van der Waals surface area contributed by atoms with Crippen LogP contribution < -0.4 is 0 Å². The highest BCUT2D eigenvalue weighted by Gasteiger charge is 2.85. The molecule has 0 amide bonds. The molecule has 2 fully saturated rings. The third-order valence-corrected chi connectivity index (χ3v) is 5.66. The van der Waals surface area contributed by atoms with Crippen LogP contribution in [0.4, 0.5) is 52.7 Å². The molecule has 0 aromatic rings. The highest BCUT2D eigenvalue weighted by Crippen LogP contribution is 2.68. The van der Waals surface area contributed by atoms with E-state index in [0.717, 1.165) is 0 Å². The van der Waals surface area contributed by atoms with Crippen LogP contribution in [0.5, 0.6) is 0 Å². The van der Waals surface area contributed by atoms with Crippen LogP contribution >= 0.6 is 0 Å². The van der Waals surface area contributed by atoms with Gasteiger partial charge in [-0.15, -0.1) is 0 Å². The molecule has 15 heteroatoms. The monoisotopic (exact) mass is 444 g/mol. The fourth-order valence-corrected chi connectivity index (χ4v) is 4.57. The molecule has 28 heavy (non-hydrogen) atoms. The third-order valence-electron chi connectivity index (χ3n) is 5.66. The molecule has 0 heterocycles. The van der Waals surface area contributed by atoms with Crippen molar-refractivity contribution in [2.45, 2.75) is 54.9 Å². The lowest BCUT2D eigenvalue weighted by Gasteiger charge is -2.50. The quantitative estimate of drug-likeness (QED) is 0.573. The summed E-state index contributed by atoms with van der Waals surface area (Å²) in [5.41, 5.74) is -12.0. The first kappa shape index (κ1) is 23.3. The van der Waals surface area contributed by atoms with E-state index in [1.54, 1.807) is 0 Å². The molecular formula is C13H12F12O3. The van der Waals surface area contributed by atoms with Gasteiger partial charge in [-0.3, -0.25) is 0 Å². The molecule has 0 aromatic carbocycles. The van der Waals surface area contributed by atoms with Crippen molar-refractivity contribution >= 4 is 0 Å². The van der Waals surface area contributed by atoms with E-state index in [9.17, 15) is 68.0 Å². The molecular weight excluding hydrogens is 432 g/mol. The summed E-state index contributed by atoms with van der Waals surface area (Å²) in [6.07, 6.45) is -31.1. The summed E-state index contributed by atoms with van der Waals surface area (Å²) >= 11 is 0. The van der Waals surface area contributed by atoms with Crippen LogP contribution in [0.3, 0.4) is 0 Å². The highest BCUT2D eigenvalue weighted by molar-refractivity contribution is 5.19. The van der Waals surface area contributed by atoms with Crippen LogP contribution in [0, 0.1) is 23.7 Å². The number of fused-ring (bicyclic) bond motifs is 2. The molecule has 5 atom stereocenters. The first-order valence-electron chi connectivity index (χ1n) is 7.52. The number of alkyl halides is 12. The number of halogens is 12. The summed E-state index contributed by atoms with van der Waals surface area (Å²) in [6.45, 7) is 0. The van der Waals surface area contributed by atoms with E-state index in [2.05, 4.69) is 0 Å². The molecule has 3 nitrogen and oxygen atoms in total. The predicted molar refractivity (Wildman–Crippen MR) is 63.3 cm³/mol. The lowest BCUT2D eigenvalue weighted by atomic mass is 9.62. The van der Waals surface area contributed by atoms with E-state index in [1.165, 1.54) is 0 Å². The Hall–Kier alpha value is -0.960. The predicted octanol–water partition coefficient (Wildman–Crippen LogP) is 3.33. The minimum Gasteiger partial charge on any atom is -0.393 e. The van der Waals surface area contributed by atoms with E-state index in [0.29, 0.717) is 0 Å². The van der Waals surface area contributed by atoms with Gasteiger partial charge in [-0.25, -0.2) is 0 Å². The number of aliphatic hydroxyl groups is 3. The standard InChI is InChI=1S/C13H12F12O3/c14-10(15,16)8(27,11(17,18)19)6-3-1-4(5(26)2-3)7(6)9(28,12(20,21)22)13(23,24)25/h3-7,26-28H,1-2H2. The largest absolute Gasteiger partial charge is 0.426 e. The van der Waals surface area contributed by atoms with E-state index < -0.39 is 78.5 Å². The Balaban J connectivity index is 2.80. The molecule has 0 spiro atoms. The normalized spacial score (nSPS) is 32.9. The van der Waals surface area contributed by atoms with Gasteiger partial charge in [0.25, 0.3) is 11.2 Å². The Labute approximate surface area is 147 Å². The maximum absolute atomic E-state index is 13.2. The van der Waals surface area contributed by atoms with Gasteiger partial charge < -0.3 is 15.3 Å². The highest BCUT2D eigenvalue weighted by atomic mass is 19.4. The second-order valence-electron chi connectivity index (χ2n) is 7.04. The van der Waals surface area contributed by atoms with Crippen LogP contribution in [0.15, 0.2) is 0 Å². The summed E-state index contributed by atoms with van der Waals surface area (Å²) < 4.78 is 158. The van der Waals surface area contributed by atoms with Crippen molar-refractivity contribution in [1.29, 1.82) is 0 Å². The smallest absolute Gasteiger partial charge is 0.393 e. The van der Waals surface area contributed by atoms with Crippen LogP contribution in [0.1, 0.15) is 12.8 Å². The third kappa shape index (κ3) is 2.87. The summed E-state index contributed by atoms with van der Waals surface area (Å²) in [7, 11) is 0. The zero-order valence-corrected chi connectivity index (χ0v) is 13.2. The van der Waals surface area contributed by atoms with Crippen molar-refractivity contribution in [1.82, 2.24) is 0 Å². The summed E-state index contributed by atoms with van der Waals surface area (Å²) in [6, 6.07) is 0. The number of rotatable bonds is 2. The molecule has 3 N–H and O–H groups in total. The van der Waals surface area contributed by atoms with Crippen molar-refractivity contribution in [3.63, 3.8) is 0 Å².